The fourth-order valence-corrected chi connectivity index (χ4v) is 5.26. The van der Waals surface area contributed by atoms with Crippen LogP contribution in [0.5, 0.6) is 0 Å². The second kappa shape index (κ2) is 5.84. The molecule has 2 amide bonds. The molecule has 27 heavy (non-hydrogen) atoms. The van der Waals surface area contributed by atoms with E-state index >= 15 is 0 Å². The van der Waals surface area contributed by atoms with Crippen LogP contribution in [0.4, 0.5) is 16.2 Å². The molecule has 2 aromatic carbocycles. The first kappa shape index (κ1) is 16.4. The Labute approximate surface area is 158 Å². The summed E-state index contributed by atoms with van der Waals surface area (Å²) in [6, 6.07) is 16.1. The first-order valence-electron chi connectivity index (χ1n) is 9.64. The van der Waals surface area contributed by atoms with Gasteiger partial charge in [-0.2, -0.15) is 0 Å². The van der Waals surface area contributed by atoms with Gasteiger partial charge in [-0.1, -0.05) is 36.4 Å². The molecule has 2 atom stereocenters. The number of para-hydroxylation sites is 2. The number of nitrogens with zero attached hydrogens (tertiary/aromatic N) is 2. The molecule has 5 rings (SSSR count). The molecule has 1 saturated heterocycles. The average Bonchev–Trinajstić information content (AvgIpc) is 3.26. The highest BCUT2D eigenvalue weighted by molar-refractivity contribution is 6.22. The van der Waals surface area contributed by atoms with Gasteiger partial charge in [0.15, 0.2) is 0 Å². The molecule has 0 radical (unpaired) electrons. The van der Waals surface area contributed by atoms with Gasteiger partial charge < -0.3 is 9.64 Å². The van der Waals surface area contributed by atoms with E-state index in [0.717, 1.165) is 24.9 Å². The lowest BCUT2D eigenvalue weighted by molar-refractivity contribution is -0.123. The van der Waals surface area contributed by atoms with E-state index in [2.05, 4.69) is 23.1 Å². The van der Waals surface area contributed by atoms with Crippen LogP contribution in [0.1, 0.15) is 30.9 Å². The average molecular weight is 362 g/mol. The molecule has 2 aromatic rings. The Morgan fingerprint density at radius 2 is 1.89 bits per heavy atom. The topological polar surface area (TPSA) is 49.9 Å². The highest BCUT2D eigenvalue weighted by Gasteiger charge is 2.61. The van der Waals surface area contributed by atoms with E-state index in [-0.39, 0.29) is 18.6 Å². The molecule has 1 fully saturated rings. The van der Waals surface area contributed by atoms with E-state index < -0.39 is 11.5 Å². The second-order valence-corrected chi connectivity index (χ2v) is 7.48. The van der Waals surface area contributed by atoms with Gasteiger partial charge in [0.05, 0.1) is 12.3 Å². The van der Waals surface area contributed by atoms with E-state index in [4.69, 9.17) is 4.74 Å². The molecule has 138 valence electrons. The van der Waals surface area contributed by atoms with Crippen molar-refractivity contribution in [1.29, 1.82) is 0 Å². The Kier molecular flexibility index (Phi) is 3.54. The van der Waals surface area contributed by atoms with Gasteiger partial charge in [-0.25, -0.2) is 9.69 Å². The maximum atomic E-state index is 13.8. The van der Waals surface area contributed by atoms with Gasteiger partial charge in [0.2, 0.25) is 5.91 Å². The molecule has 5 heteroatoms. The maximum absolute atomic E-state index is 13.8. The van der Waals surface area contributed by atoms with Gasteiger partial charge in [0.1, 0.15) is 5.41 Å². The first-order valence-corrected chi connectivity index (χ1v) is 9.64. The predicted octanol–water partition coefficient (Wildman–Crippen LogP) is 3.65. The SMILES string of the molecule is CCOC(=O)N1C(=O)[C@]2(Cc3ccccc3N3CCC[C@@H]32)c2ccccc21. The molecule has 5 nitrogen and oxygen atoms in total. The standard InChI is InChI=1S/C22H22N2O3/c1-2-27-21(26)24-18-11-6-4-9-16(18)22(20(24)25)14-15-8-3-5-10-17(15)23-13-7-12-19(22)23/h3-6,8-11,19H,2,7,12-14H2,1H3/t19-,22-/m1/s1. The summed E-state index contributed by atoms with van der Waals surface area (Å²) in [4.78, 5) is 30.1. The van der Waals surface area contributed by atoms with Crippen LogP contribution in [-0.2, 0) is 21.4 Å². The Hall–Kier alpha value is -2.82. The maximum Gasteiger partial charge on any atom is 0.421 e. The van der Waals surface area contributed by atoms with E-state index in [9.17, 15) is 9.59 Å². The van der Waals surface area contributed by atoms with Crippen molar-refractivity contribution >= 4 is 23.4 Å². The summed E-state index contributed by atoms with van der Waals surface area (Å²) in [6.07, 6.45) is 2.05. The summed E-state index contributed by atoms with van der Waals surface area (Å²) in [5.41, 5.74) is 3.30. The van der Waals surface area contributed by atoms with Crippen LogP contribution in [-0.4, -0.2) is 31.2 Å². The molecule has 3 aliphatic rings. The summed E-state index contributed by atoms with van der Waals surface area (Å²) in [6.45, 7) is 2.95. The molecule has 0 bridgehead atoms. The molecule has 0 aliphatic carbocycles. The van der Waals surface area contributed by atoms with Gasteiger partial charge in [0, 0.05) is 18.3 Å². The minimum Gasteiger partial charge on any atom is -0.449 e. The molecule has 3 aliphatic heterocycles. The zero-order valence-electron chi connectivity index (χ0n) is 15.4. The lowest BCUT2D eigenvalue weighted by atomic mass is 9.67. The van der Waals surface area contributed by atoms with Crippen LogP contribution in [0.2, 0.25) is 0 Å². The zero-order valence-corrected chi connectivity index (χ0v) is 15.4. The van der Waals surface area contributed by atoms with Gasteiger partial charge in [-0.3, -0.25) is 4.79 Å². The fraction of sp³-hybridized carbons (Fsp3) is 0.364. The third-order valence-electron chi connectivity index (χ3n) is 6.25. The summed E-state index contributed by atoms with van der Waals surface area (Å²) >= 11 is 0. The van der Waals surface area contributed by atoms with Gasteiger partial charge in [-0.15, -0.1) is 0 Å². The minimum absolute atomic E-state index is 0.0699. The third kappa shape index (κ3) is 2.05. The number of benzene rings is 2. The number of fused-ring (bicyclic) bond motifs is 6. The van der Waals surface area contributed by atoms with Crippen LogP contribution in [0.25, 0.3) is 0 Å². The number of hydrogen-bond donors (Lipinski definition) is 0. The van der Waals surface area contributed by atoms with Crippen LogP contribution < -0.4 is 9.80 Å². The molecule has 0 saturated carbocycles. The first-order chi connectivity index (χ1) is 13.2. The molecule has 0 aromatic heterocycles. The van der Waals surface area contributed by atoms with Gasteiger partial charge in [0.25, 0.3) is 0 Å². The summed E-state index contributed by atoms with van der Waals surface area (Å²) in [5, 5.41) is 0. The smallest absolute Gasteiger partial charge is 0.421 e. The molecule has 0 N–H and O–H groups in total. The Morgan fingerprint density at radius 3 is 2.70 bits per heavy atom. The van der Waals surface area contributed by atoms with E-state index in [1.165, 1.54) is 16.2 Å². The highest BCUT2D eigenvalue weighted by Crippen LogP contribution is 2.54. The van der Waals surface area contributed by atoms with Crippen molar-refractivity contribution in [3.63, 3.8) is 0 Å². The molecular formula is C22H22N2O3. The second-order valence-electron chi connectivity index (χ2n) is 7.48. The van der Waals surface area contributed by atoms with Crippen molar-refractivity contribution in [2.75, 3.05) is 23.0 Å². The minimum atomic E-state index is -0.728. The highest BCUT2D eigenvalue weighted by atomic mass is 16.6. The van der Waals surface area contributed by atoms with Crippen molar-refractivity contribution in [2.24, 2.45) is 0 Å². The molecule has 3 heterocycles. The number of anilines is 2. The monoisotopic (exact) mass is 362 g/mol. The van der Waals surface area contributed by atoms with Crippen LogP contribution in [0.3, 0.4) is 0 Å². The van der Waals surface area contributed by atoms with E-state index in [0.29, 0.717) is 12.1 Å². The molecule has 1 spiro atoms. The van der Waals surface area contributed by atoms with Crippen LogP contribution >= 0.6 is 0 Å². The number of ether oxygens (including phenoxy) is 1. The Morgan fingerprint density at radius 1 is 1.15 bits per heavy atom. The molecular weight excluding hydrogens is 340 g/mol. The lowest BCUT2D eigenvalue weighted by Crippen LogP contribution is -2.58. The number of imide groups is 1. The fourth-order valence-electron chi connectivity index (χ4n) is 5.26. The van der Waals surface area contributed by atoms with Gasteiger partial charge in [-0.05, 0) is 49.4 Å². The third-order valence-corrected chi connectivity index (χ3v) is 6.25. The van der Waals surface area contributed by atoms with Crippen LogP contribution in [0.15, 0.2) is 48.5 Å². The quantitative estimate of drug-likeness (QED) is 0.777. The number of carbonyl (C=O) groups is 2. The van der Waals surface area contributed by atoms with Crippen molar-refractivity contribution in [3.8, 4) is 0 Å². The zero-order chi connectivity index (χ0) is 18.6. The van der Waals surface area contributed by atoms with Gasteiger partial charge >= 0.3 is 6.09 Å². The van der Waals surface area contributed by atoms with Crippen molar-refractivity contribution < 1.29 is 14.3 Å². The van der Waals surface area contributed by atoms with Crippen molar-refractivity contribution in [1.82, 2.24) is 0 Å². The largest absolute Gasteiger partial charge is 0.449 e. The van der Waals surface area contributed by atoms with Crippen molar-refractivity contribution in [3.05, 3.63) is 59.7 Å². The Balaban J connectivity index is 1.72. The summed E-state index contributed by atoms with van der Waals surface area (Å²) < 4.78 is 5.22. The normalized spacial score (nSPS) is 25.4. The predicted molar refractivity (Wildman–Crippen MR) is 103 cm³/mol. The number of rotatable bonds is 1. The van der Waals surface area contributed by atoms with E-state index in [1.54, 1.807) is 6.92 Å². The van der Waals surface area contributed by atoms with Crippen LogP contribution in [0, 0.1) is 0 Å². The van der Waals surface area contributed by atoms with Crippen molar-refractivity contribution in [2.45, 2.75) is 37.6 Å². The van der Waals surface area contributed by atoms with E-state index in [1.807, 2.05) is 30.3 Å². The molecule has 0 unspecified atom stereocenters. The number of amides is 2. The summed E-state index contributed by atoms with van der Waals surface area (Å²) in [5.74, 6) is -0.145. The number of carbonyl (C=O) groups excluding carboxylic acids is 2. The summed E-state index contributed by atoms with van der Waals surface area (Å²) in [7, 11) is 0. The Bertz CT molecular complexity index is 941. The number of hydrogen-bond acceptors (Lipinski definition) is 4. The lowest BCUT2D eigenvalue weighted by Gasteiger charge is -2.45.